The number of hydrogen-bond acceptors (Lipinski definition) is 1. The van der Waals surface area contributed by atoms with Crippen molar-refractivity contribution in [2.24, 2.45) is 0 Å². The maximum absolute atomic E-state index is 13.4. The highest BCUT2D eigenvalue weighted by atomic mass is 19.1. The zero-order chi connectivity index (χ0) is 10.3. The molecule has 0 aromatic heterocycles. The van der Waals surface area contributed by atoms with Crippen molar-refractivity contribution in [2.45, 2.75) is 6.42 Å². The van der Waals surface area contributed by atoms with E-state index >= 15 is 0 Å². The van der Waals surface area contributed by atoms with Crippen LogP contribution in [-0.4, -0.2) is 0 Å². The Morgan fingerprint density at radius 2 is 1.73 bits per heavy atom. The Hall–Kier alpha value is -1.83. The average Bonchev–Trinajstić information content (AvgIpc) is 2.27. The third-order valence-corrected chi connectivity index (χ3v) is 2.61. The molecule has 0 radical (unpaired) electrons. The second-order valence-electron chi connectivity index (χ2n) is 3.61. The van der Waals surface area contributed by atoms with Gasteiger partial charge < -0.3 is 4.74 Å². The molecule has 0 saturated heterocycles. The number of benzene rings is 2. The summed E-state index contributed by atoms with van der Waals surface area (Å²) in [5, 5.41) is 0. The number of para-hydroxylation sites is 2. The van der Waals surface area contributed by atoms with Gasteiger partial charge in [0.2, 0.25) is 0 Å². The van der Waals surface area contributed by atoms with Crippen LogP contribution in [0.4, 0.5) is 4.39 Å². The summed E-state index contributed by atoms with van der Waals surface area (Å²) in [6.45, 7) is 0. The molecular formula is C13H9FO. The first kappa shape index (κ1) is 8.48. The number of fused-ring (bicyclic) bond motifs is 2. The Morgan fingerprint density at radius 3 is 2.67 bits per heavy atom. The van der Waals surface area contributed by atoms with Crippen LogP contribution in [0.15, 0.2) is 42.5 Å². The molecule has 1 aliphatic rings. The summed E-state index contributed by atoms with van der Waals surface area (Å²) in [6, 6.07) is 12.8. The van der Waals surface area contributed by atoms with Crippen molar-refractivity contribution in [2.75, 3.05) is 0 Å². The van der Waals surface area contributed by atoms with Crippen LogP contribution in [0.5, 0.6) is 11.5 Å². The van der Waals surface area contributed by atoms with Gasteiger partial charge in [-0.25, -0.2) is 4.39 Å². The molecule has 0 atom stereocenters. The normalized spacial score (nSPS) is 12.6. The topological polar surface area (TPSA) is 9.23 Å². The third kappa shape index (κ3) is 1.30. The van der Waals surface area contributed by atoms with E-state index in [4.69, 9.17) is 4.74 Å². The Morgan fingerprint density at radius 1 is 0.933 bits per heavy atom. The summed E-state index contributed by atoms with van der Waals surface area (Å²) >= 11 is 0. The van der Waals surface area contributed by atoms with Crippen molar-refractivity contribution >= 4 is 0 Å². The van der Waals surface area contributed by atoms with Crippen LogP contribution >= 0.6 is 0 Å². The highest BCUT2D eigenvalue weighted by Crippen LogP contribution is 2.37. The van der Waals surface area contributed by atoms with Gasteiger partial charge in [-0.2, -0.15) is 0 Å². The molecule has 74 valence electrons. The van der Waals surface area contributed by atoms with E-state index in [1.54, 1.807) is 6.07 Å². The smallest absolute Gasteiger partial charge is 0.166 e. The van der Waals surface area contributed by atoms with Gasteiger partial charge in [0.1, 0.15) is 5.75 Å². The summed E-state index contributed by atoms with van der Waals surface area (Å²) in [6.07, 6.45) is 0.739. The summed E-state index contributed by atoms with van der Waals surface area (Å²) < 4.78 is 19.0. The van der Waals surface area contributed by atoms with E-state index in [1.165, 1.54) is 6.07 Å². The fourth-order valence-electron chi connectivity index (χ4n) is 1.87. The number of rotatable bonds is 0. The second kappa shape index (κ2) is 3.09. The van der Waals surface area contributed by atoms with Gasteiger partial charge in [0.15, 0.2) is 11.6 Å². The van der Waals surface area contributed by atoms with E-state index in [0.717, 1.165) is 23.3 Å². The molecule has 1 heterocycles. The Balaban J connectivity index is 2.15. The van der Waals surface area contributed by atoms with Gasteiger partial charge in [0.05, 0.1) is 0 Å². The van der Waals surface area contributed by atoms with Crippen molar-refractivity contribution in [1.29, 1.82) is 0 Å². The lowest BCUT2D eigenvalue weighted by atomic mass is 10.0. The van der Waals surface area contributed by atoms with Crippen LogP contribution in [0.3, 0.4) is 0 Å². The maximum atomic E-state index is 13.4. The van der Waals surface area contributed by atoms with Crippen molar-refractivity contribution in [1.82, 2.24) is 0 Å². The lowest BCUT2D eigenvalue weighted by Crippen LogP contribution is -2.04. The van der Waals surface area contributed by atoms with E-state index in [9.17, 15) is 4.39 Å². The molecule has 3 rings (SSSR count). The molecule has 0 saturated carbocycles. The quantitative estimate of drug-likeness (QED) is 0.539. The molecule has 0 bridgehead atoms. The number of ether oxygens (including phenoxy) is 1. The van der Waals surface area contributed by atoms with E-state index < -0.39 is 0 Å². The maximum Gasteiger partial charge on any atom is 0.166 e. The van der Waals surface area contributed by atoms with Crippen molar-refractivity contribution in [3.63, 3.8) is 0 Å². The van der Waals surface area contributed by atoms with Gasteiger partial charge >= 0.3 is 0 Å². The minimum absolute atomic E-state index is 0.290. The van der Waals surface area contributed by atoms with Crippen LogP contribution in [0.25, 0.3) is 0 Å². The lowest BCUT2D eigenvalue weighted by Gasteiger charge is -2.20. The number of hydrogen-bond donors (Lipinski definition) is 0. The van der Waals surface area contributed by atoms with Gasteiger partial charge in [-0.3, -0.25) is 0 Å². The van der Waals surface area contributed by atoms with Gasteiger partial charge in [0.25, 0.3) is 0 Å². The molecule has 0 spiro atoms. The molecule has 0 fully saturated rings. The first-order chi connectivity index (χ1) is 7.34. The van der Waals surface area contributed by atoms with E-state index in [1.807, 2.05) is 30.3 Å². The molecule has 0 aliphatic carbocycles. The fraction of sp³-hybridized carbons (Fsp3) is 0.0769. The van der Waals surface area contributed by atoms with E-state index in [0.29, 0.717) is 5.75 Å². The molecule has 0 unspecified atom stereocenters. The van der Waals surface area contributed by atoms with E-state index in [2.05, 4.69) is 0 Å². The largest absolute Gasteiger partial charge is 0.454 e. The minimum atomic E-state index is -0.290. The minimum Gasteiger partial charge on any atom is -0.454 e. The summed E-state index contributed by atoms with van der Waals surface area (Å²) in [5.74, 6) is 0.841. The molecular weight excluding hydrogens is 191 g/mol. The first-order valence-electron chi connectivity index (χ1n) is 4.88. The van der Waals surface area contributed by atoms with Gasteiger partial charge in [0, 0.05) is 12.0 Å². The lowest BCUT2D eigenvalue weighted by molar-refractivity contribution is 0.423. The summed E-state index contributed by atoms with van der Waals surface area (Å²) in [4.78, 5) is 0. The number of halogens is 1. The van der Waals surface area contributed by atoms with Crippen LogP contribution in [-0.2, 0) is 6.42 Å². The van der Waals surface area contributed by atoms with Crippen molar-refractivity contribution < 1.29 is 9.13 Å². The first-order valence-corrected chi connectivity index (χ1v) is 4.88. The highest BCUT2D eigenvalue weighted by Gasteiger charge is 2.18. The van der Waals surface area contributed by atoms with Crippen LogP contribution in [0, 0.1) is 5.82 Å². The second-order valence-corrected chi connectivity index (χ2v) is 3.61. The zero-order valence-corrected chi connectivity index (χ0v) is 8.03. The molecule has 0 N–H and O–H groups in total. The van der Waals surface area contributed by atoms with Gasteiger partial charge in [-0.05, 0) is 17.7 Å². The van der Waals surface area contributed by atoms with Crippen molar-refractivity contribution in [3.05, 3.63) is 59.4 Å². The molecule has 15 heavy (non-hydrogen) atoms. The molecule has 1 nitrogen and oxygen atoms in total. The fourth-order valence-corrected chi connectivity index (χ4v) is 1.87. The summed E-state index contributed by atoms with van der Waals surface area (Å²) in [7, 11) is 0. The average molecular weight is 200 g/mol. The Bertz CT molecular complexity index is 520. The SMILES string of the molecule is Fc1cccc2c1Oc1ccccc1C2. The Labute approximate surface area is 87.1 Å². The van der Waals surface area contributed by atoms with Crippen molar-refractivity contribution in [3.8, 4) is 11.5 Å². The molecule has 2 heteroatoms. The van der Waals surface area contributed by atoms with Crippen LogP contribution in [0.1, 0.15) is 11.1 Å². The predicted molar refractivity (Wildman–Crippen MR) is 55.7 cm³/mol. The Kier molecular flexibility index (Phi) is 1.75. The van der Waals surface area contributed by atoms with Crippen LogP contribution < -0.4 is 4.74 Å². The van der Waals surface area contributed by atoms with Gasteiger partial charge in [-0.1, -0.05) is 30.3 Å². The molecule has 2 aromatic carbocycles. The molecule has 1 aliphatic heterocycles. The van der Waals surface area contributed by atoms with Crippen LogP contribution in [0.2, 0.25) is 0 Å². The molecule has 0 amide bonds. The highest BCUT2D eigenvalue weighted by molar-refractivity contribution is 5.49. The monoisotopic (exact) mass is 200 g/mol. The summed E-state index contributed by atoms with van der Waals surface area (Å²) in [5.41, 5.74) is 2.02. The standard InChI is InChI=1S/C13H9FO/c14-11-6-3-5-10-8-9-4-1-2-7-12(9)15-13(10)11/h1-7H,8H2. The molecule has 2 aromatic rings. The third-order valence-electron chi connectivity index (χ3n) is 2.61. The predicted octanol–water partition coefficient (Wildman–Crippen LogP) is 3.52. The van der Waals surface area contributed by atoms with E-state index in [-0.39, 0.29) is 5.82 Å². The zero-order valence-electron chi connectivity index (χ0n) is 8.03. The van der Waals surface area contributed by atoms with Gasteiger partial charge in [-0.15, -0.1) is 0 Å².